The molecule has 34 heavy (non-hydrogen) atoms. The monoisotopic (exact) mass is 511 g/mol. The first kappa shape index (κ1) is 23.4. The summed E-state index contributed by atoms with van der Waals surface area (Å²) < 4.78 is 24.1. The zero-order valence-electron chi connectivity index (χ0n) is 18.2. The molecule has 0 saturated carbocycles. The summed E-state index contributed by atoms with van der Waals surface area (Å²) in [7, 11) is 0. The van der Waals surface area contributed by atoms with Gasteiger partial charge in [-0.2, -0.15) is 4.31 Å². The second kappa shape index (κ2) is 10.1. The highest BCUT2D eigenvalue weighted by Crippen LogP contribution is 2.35. The van der Waals surface area contributed by atoms with E-state index in [2.05, 4.69) is 9.88 Å². The third-order valence-electron chi connectivity index (χ3n) is 6.30. The van der Waals surface area contributed by atoms with Crippen LogP contribution in [0.1, 0.15) is 22.7 Å². The van der Waals surface area contributed by atoms with E-state index in [0.29, 0.717) is 29.7 Å². The van der Waals surface area contributed by atoms with Gasteiger partial charge in [-0.1, -0.05) is 65.7 Å². The fourth-order valence-electron chi connectivity index (χ4n) is 4.57. The summed E-state index contributed by atoms with van der Waals surface area (Å²) in [6.07, 6.45) is 1.76. The number of fused-ring (bicyclic) bond motifs is 1. The molecule has 3 aromatic carbocycles. The molecule has 0 aliphatic carbocycles. The Balaban J connectivity index is 1.38. The van der Waals surface area contributed by atoms with Crippen molar-refractivity contribution in [3.05, 3.63) is 112 Å². The van der Waals surface area contributed by atoms with E-state index in [1.165, 1.54) is 0 Å². The summed E-state index contributed by atoms with van der Waals surface area (Å²) in [5.41, 5.74) is 4.09. The molecule has 1 fully saturated rings. The largest absolute Gasteiger partial charge is 0.294 e. The maximum Gasteiger partial charge on any atom is 0.235 e. The molecule has 4 aromatic rings. The van der Waals surface area contributed by atoms with E-state index < -0.39 is 11.3 Å². The molecule has 1 unspecified atom stereocenters. The van der Waals surface area contributed by atoms with Crippen molar-refractivity contribution in [1.29, 1.82) is 0 Å². The van der Waals surface area contributed by atoms with Gasteiger partial charge in [0, 0.05) is 41.3 Å². The lowest BCUT2D eigenvalue weighted by Gasteiger charge is -2.47. The standard InChI is InChI=1S/C26H23Cl2N3O2S/c27-21-10-6-18(7-11-21)26(19-8-12-22(28)13-9-19)30-16-23(17-30)31(34(32)33)15-20-3-1-5-25-24(20)4-2-14-29-25/h1-14,23,26H,15-17H2,(H,32,33). The van der Waals surface area contributed by atoms with Gasteiger partial charge in [-0.05, 0) is 53.1 Å². The SMILES string of the molecule is O=S(O)N(Cc1cccc2ncccc12)C1CN(C(c2ccc(Cl)cc2)c2ccc(Cl)cc2)C1. The van der Waals surface area contributed by atoms with E-state index in [-0.39, 0.29) is 12.1 Å². The van der Waals surface area contributed by atoms with E-state index in [1.807, 2.05) is 78.9 Å². The average molecular weight is 512 g/mol. The number of nitrogens with zero attached hydrogens (tertiary/aromatic N) is 3. The number of hydrogen-bond acceptors (Lipinski definition) is 3. The maximum atomic E-state index is 12.3. The number of rotatable bonds is 7. The first-order chi connectivity index (χ1) is 16.5. The van der Waals surface area contributed by atoms with Crippen LogP contribution in [-0.4, -0.2) is 42.1 Å². The molecule has 0 spiro atoms. The Morgan fingerprint density at radius 3 is 2.15 bits per heavy atom. The summed E-state index contributed by atoms with van der Waals surface area (Å²) >= 11 is 10.2. The van der Waals surface area contributed by atoms with Crippen LogP contribution in [0.4, 0.5) is 0 Å². The Morgan fingerprint density at radius 2 is 1.56 bits per heavy atom. The van der Waals surface area contributed by atoms with Crippen LogP contribution in [0.3, 0.4) is 0 Å². The second-order valence-corrected chi connectivity index (χ2v) is 10.2. The van der Waals surface area contributed by atoms with E-state index in [0.717, 1.165) is 27.6 Å². The van der Waals surface area contributed by atoms with Crippen molar-refractivity contribution < 1.29 is 8.76 Å². The van der Waals surface area contributed by atoms with Crippen molar-refractivity contribution in [2.75, 3.05) is 13.1 Å². The first-order valence-corrected chi connectivity index (χ1v) is 12.8. The third kappa shape index (κ3) is 4.89. The molecular formula is C26H23Cl2N3O2S. The van der Waals surface area contributed by atoms with Gasteiger partial charge in [0.05, 0.1) is 17.6 Å². The predicted molar refractivity (Wildman–Crippen MR) is 138 cm³/mol. The quantitative estimate of drug-likeness (QED) is 0.311. The molecule has 8 heteroatoms. The van der Waals surface area contributed by atoms with E-state index in [1.54, 1.807) is 10.5 Å². The summed E-state index contributed by atoms with van der Waals surface area (Å²) in [5.74, 6) is 0. The lowest BCUT2D eigenvalue weighted by atomic mass is 9.93. The van der Waals surface area contributed by atoms with E-state index >= 15 is 0 Å². The topological polar surface area (TPSA) is 56.7 Å². The molecule has 0 bridgehead atoms. The zero-order chi connectivity index (χ0) is 23.7. The highest BCUT2D eigenvalue weighted by molar-refractivity contribution is 7.76. The van der Waals surface area contributed by atoms with Crippen LogP contribution in [0.5, 0.6) is 0 Å². The summed E-state index contributed by atoms with van der Waals surface area (Å²) in [5, 5.41) is 2.37. The van der Waals surface area contributed by atoms with Crippen molar-refractivity contribution in [2.24, 2.45) is 0 Å². The highest BCUT2D eigenvalue weighted by atomic mass is 35.5. The van der Waals surface area contributed by atoms with Crippen LogP contribution in [-0.2, 0) is 17.8 Å². The van der Waals surface area contributed by atoms with Gasteiger partial charge >= 0.3 is 0 Å². The molecule has 1 aromatic heterocycles. The minimum absolute atomic E-state index is 0.00140. The van der Waals surface area contributed by atoms with Gasteiger partial charge in [0.25, 0.3) is 0 Å². The molecular weight excluding hydrogens is 489 g/mol. The summed E-state index contributed by atoms with van der Waals surface area (Å²) in [6.45, 7) is 1.69. The molecule has 0 amide bonds. The Hall–Kier alpha value is -2.32. The summed E-state index contributed by atoms with van der Waals surface area (Å²) in [4.78, 5) is 6.71. The van der Waals surface area contributed by atoms with Gasteiger partial charge in [0.2, 0.25) is 11.3 Å². The van der Waals surface area contributed by atoms with E-state index in [4.69, 9.17) is 23.2 Å². The second-order valence-electron chi connectivity index (χ2n) is 8.41. The minimum Gasteiger partial charge on any atom is -0.294 e. The molecule has 0 radical (unpaired) electrons. The molecule has 1 N–H and O–H groups in total. The molecule has 1 aliphatic heterocycles. The molecule has 174 valence electrons. The lowest BCUT2D eigenvalue weighted by molar-refractivity contribution is 0.0499. The highest BCUT2D eigenvalue weighted by Gasteiger charge is 2.39. The molecule has 5 rings (SSSR count). The van der Waals surface area contributed by atoms with Gasteiger partial charge in [0.1, 0.15) is 0 Å². The fraction of sp³-hybridized carbons (Fsp3) is 0.192. The number of halogens is 2. The van der Waals surface area contributed by atoms with Crippen molar-refractivity contribution in [1.82, 2.24) is 14.2 Å². The number of pyridine rings is 1. The smallest absolute Gasteiger partial charge is 0.235 e. The fourth-order valence-corrected chi connectivity index (χ4v) is 5.46. The van der Waals surface area contributed by atoms with Crippen molar-refractivity contribution in [3.8, 4) is 0 Å². The first-order valence-electron chi connectivity index (χ1n) is 10.9. The van der Waals surface area contributed by atoms with Crippen molar-refractivity contribution >= 4 is 45.4 Å². The number of aromatic nitrogens is 1. The normalized spacial score (nSPS) is 15.7. The molecule has 1 aliphatic rings. The van der Waals surface area contributed by atoms with Gasteiger partial charge in [-0.25, -0.2) is 4.21 Å². The van der Waals surface area contributed by atoms with Crippen molar-refractivity contribution in [2.45, 2.75) is 18.6 Å². The van der Waals surface area contributed by atoms with Crippen LogP contribution in [0.25, 0.3) is 10.9 Å². The van der Waals surface area contributed by atoms with Crippen LogP contribution in [0.2, 0.25) is 10.0 Å². The average Bonchev–Trinajstić information content (AvgIpc) is 2.81. The maximum absolute atomic E-state index is 12.3. The van der Waals surface area contributed by atoms with Crippen LogP contribution >= 0.6 is 23.2 Å². The van der Waals surface area contributed by atoms with Crippen LogP contribution in [0, 0.1) is 0 Å². The van der Waals surface area contributed by atoms with Gasteiger partial charge in [0.15, 0.2) is 0 Å². The molecule has 5 nitrogen and oxygen atoms in total. The molecule has 2 heterocycles. The Bertz CT molecular complexity index is 1260. The number of hydrogen-bond donors (Lipinski definition) is 1. The van der Waals surface area contributed by atoms with E-state index in [9.17, 15) is 8.76 Å². The Labute approximate surface area is 211 Å². The van der Waals surface area contributed by atoms with Crippen LogP contribution in [0.15, 0.2) is 85.1 Å². The summed E-state index contributed by atoms with van der Waals surface area (Å²) in [6, 6.07) is 25.4. The molecule has 1 saturated heterocycles. The zero-order valence-corrected chi connectivity index (χ0v) is 20.5. The van der Waals surface area contributed by atoms with Gasteiger partial charge in [-0.15, -0.1) is 0 Å². The van der Waals surface area contributed by atoms with Crippen molar-refractivity contribution in [3.63, 3.8) is 0 Å². The molecule has 1 atom stereocenters. The van der Waals surface area contributed by atoms with Gasteiger partial charge in [-0.3, -0.25) is 14.4 Å². The Kier molecular flexibility index (Phi) is 6.97. The predicted octanol–water partition coefficient (Wildman–Crippen LogP) is 5.95. The minimum atomic E-state index is -2.10. The van der Waals surface area contributed by atoms with Gasteiger partial charge < -0.3 is 0 Å². The number of benzene rings is 3. The third-order valence-corrected chi connectivity index (χ3v) is 7.63. The number of likely N-dealkylation sites (tertiary alicyclic amines) is 1. The Morgan fingerprint density at radius 1 is 0.941 bits per heavy atom. The van der Waals surface area contributed by atoms with Crippen LogP contribution < -0.4 is 0 Å². The lowest BCUT2D eigenvalue weighted by Crippen LogP contribution is -2.60.